The molecule has 2 rings (SSSR count). The Bertz CT molecular complexity index is 616. The number of rotatable bonds is 5. The predicted molar refractivity (Wildman–Crippen MR) is 79.9 cm³/mol. The number of halogens is 2. The fourth-order valence-corrected chi connectivity index (χ4v) is 2.02. The van der Waals surface area contributed by atoms with Crippen molar-refractivity contribution in [2.45, 2.75) is 13.0 Å². The van der Waals surface area contributed by atoms with Crippen molar-refractivity contribution in [2.24, 2.45) is 0 Å². The zero-order valence-electron chi connectivity index (χ0n) is 11.5. The maximum absolute atomic E-state index is 12.7. The summed E-state index contributed by atoms with van der Waals surface area (Å²) < 4.78 is 18.0. The summed E-state index contributed by atoms with van der Waals surface area (Å²) in [6.45, 7) is 1.73. The van der Waals surface area contributed by atoms with Crippen LogP contribution in [0.2, 0.25) is 5.02 Å². The maximum Gasteiger partial charge on any atom is 0.258 e. The highest BCUT2D eigenvalue weighted by atomic mass is 35.5. The summed E-state index contributed by atoms with van der Waals surface area (Å²) in [5.41, 5.74) is 0.914. The fourth-order valence-electron chi connectivity index (χ4n) is 1.82. The summed E-state index contributed by atoms with van der Waals surface area (Å²) in [6, 6.07) is 12.6. The Labute approximate surface area is 127 Å². The average molecular weight is 308 g/mol. The quantitative estimate of drug-likeness (QED) is 0.914. The van der Waals surface area contributed by atoms with Gasteiger partial charge in [-0.05, 0) is 48.9 Å². The van der Waals surface area contributed by atoms with Crippen molar-refractivity contribution in [3.63, 3.8) is 0 Å². The Kier molecular flexibility index (Phi) is 5.17. The normalized spacial score (nSPS) is 11.8. The van der Waals surface area contributed by atoms with Crippen LogP contribution in [0.1, 0.15) is 18.5 Å². The summed E-state index contributed by atoms with van der Waals surface area (Å²) in [5.74, 6) is -0.157. The Morgan fingerprint density at radius 2 is 2.00 bits per heavy atom. The van der Waals surface area contributed by atoms with Crippen molar-refractivity contribution in [2.75, 3.05) is 6.61 Å². The van der Waals surface area contributed by atoms with Gasteiger partial charge in [0.05, 0.1) is 6.04 Å². The largest absolute Gasteiger partial charge is 0.484 e. The van der Waals surface area contributed by atoms with Gasteiger partial charge >= 0.3 is 0 Å². The lowest BCUT2D eigenvalue weighted by molar-refractivity contribution is -0.123. The number of nitrogens with one attached hydrogen (secondary N) is 1. The maximum atomic E-state index is 12.7. The van der Waals surface area contributed by atoms with E-state index in [1.807, 2.05) is 19.1 Å². The third-order valence-electron chi connectivity index (χ3n) is 2.91. The first-order valence-electron chi connectivity index (χ1n) is 6.48. The van der Waals surface area contributed by atoms with Gasteiger partial charge in [0.2, 0.25) is 0 Å². The molecule has 0 aliphatic rings. The van der Waals surface area contributed by atoms with Crippen molar-refractivity contribution >= 4 is 17.5 Å². The van der Waals surface area contributed by atoms with E-state index in [-0.39, 0.29) is 24.4 Å². The van der Waals surface area contributed by atoms with Gasteiger partial charge in [-0.25, -0.2) is 4.39 Å². The molecule has 2 aromatic rings. The number of hydrogen-bond acceptors (Lipinski definition) is 2. The second kappa shape index (κ2) is 7.09. The van der Waals surface area contributed by atoms with Crippen molar-refractivity contribution < 1.29 is 13.9 Å². The molecule has 0 saturated heterocycles. The second-order valence-corrected chi connectivity index (χ2v) is 5.02. The molecule has 1 unspecified atom stereocenters. The molecule has 0 aliphatic heterocycles. The third-order valence-corrected chi connectivity index (χ3v) is 3.14. The molecule has 0 aromatic heterocycles. The zero-order chi connectivity index (χ0) is 15.2. The molecule has 0 saturated carbocycles. The molecule has 0 fully saturated rings. The van der Waals surface area contributed by atoms with Crippen LogP contribution in [0, 0.1) is 5.82 Å². The highest BCUT2D eigenvalue weighted by Crippen LogP contribution is 2.17. The van der Waals surface area contributed by atoms with Crippen LogP contribution >= 0.6 is 11.6 Å². The first kappa shape index (κ1) is 15.3. The zero-order valence-corrected chi connectivity index (χ0v) is 12.2. The lowest BCUT2D eigenvalue weighted by Gasteiger charge is -2.15. The van der Waals surface area contributed by atoms with Crippen LogP contribution in [0.25, 0.3) is 0 Å². The number of amides is 1. The Morgan fingerprint density at radius 1 is 1.29 bits per heavy atom. The van der Waals surface area contributed by atoms with Crippen molar-refractivity contribution in [3.8, 4) is 5.75 Å². The number of hydrogen-bond donors (Lipinski definition) is 1. The lowest BCUT2D eigenvalue weighted by Crippen LogP contribution is -2.31. The number of carbonyl (C=O) groups is 1. The Balaban J connectivity index is 1.85. The second-order valence-electron chi connectivity index (χ2n) is 4.59. The van der Waals surface area contributed by atoms with Gasteiger partial charge in [0, 0.05) is 5.02 Å². The van der Waals surface area contributed by atoms with E-state index in [1.54, 1.807) is 12.1 Å². The highest BCUT2D eigenvalue weighted by Gasteiger charge is 2.10. The molecule has 0 bridgehead atoms. The molecule has 21 heavy (non-hydrogen) atoms. The van der Waals surface area contributed by atoms with Crippen molar-refractivity contribution in [1.29, 1.82) is 0 Å². The van der Waals surface area contributed by atoms with E-state index in [4.69, 9.17) is 16.3 Å². The monoisotopic (exact) mass is 307 g/mol. The Hall–Kier alpha value is -2.07. The molecule has 1 N–H and O–H groups in total. The topological polar surface area (TPSA) is 38.3 Å². The molecule has 0 spiro atoms. The first-order chi connectivity index (χ1) is 10.0. The van der Waals surface area contributed by atoms with E-state index in [0.29, 0.717) is 10.8 Å². The van der Waals surface area contributed by atoms with Gasteiger partial charge in [-0.2, -0.15) is 0 Å². The Morgan fingerprint density at radius 3 is 2.67 bits per heavy atom. The summed E-state index contributed by atoms with van der Waals surface area (Å²) in [6.07, 6.45) is 0. The fraction of sp³-hybridized carbons (Fsp3) is 0.188. The van der Waals surface area contributed by atoms with Crippen LogP contribution in [-0.2, 0) is 4.79 Å². The van der Waals surface area contributed by atoms with Gasteiger partial charge in [-0.1, -0.05) is 23.7 Å². The molecule has 1 atom stereocenters. The van der Waals surface area contributed by atoms with Crippen LogP contribution in [-0.4, -0.2) is 12.5 Å². The number of benzene rings is 2. The van der Waals surface area contributed by atoms with Crippen molar-refractivity contribution in [3.05, 3.63) is 64.9 Å². The van der Waals surface area contributed by atoms with E-state index in [2.05, 4.69) is 5.32 Å². The average Bonchev–Trinajstić information content (AvgIpc) is 2.46. The van der Waals surface area contributed by atoms with Crippen LogP contribution in [0.3, 0.4) is 0 Å². The first-order valence-corrected chi connectivity index (χ1v) is 6.85. The molecular weight excluding hydrogens is 293 g/mol. The molecule has 0 heterocycles. The molecule has 5 heteroatoms. The predicted octanol–water partition coefficient (Wildman–Crippen LogP) is 3.74. The summed E-state index contributed by atoms with van der Waals surface area (Å²) in [5, 5.41) is 3.43. The summed E-state index contributed by atoms with van der Waals surface area (Å²) >= 11 is 5.91. The lowest BCUT2D eigenvalue weighted by atomic mass is 10.1. The van der Waals surface area contributed by atoms with Gasteiger partial charge in [0.15, 0.2) is 6.61 Å². The van der Waals surface area contributed by atoms with Gasteiger partial charge in [-0.15, -0.1) is 0 Å². The van der Waals surface area contributed by atoms with Crippen LogP contribution in [0.15, 0.2) is 48.5 Å². The van der Waals surface area contributed by atoms with Gasteiger partial charge in [0.25, 0.3) is 5.91 Å². The van der Waals surface area contributed by atoms with Crippen LogP contribution in [0.4, 0.5) is 4.39 Å². The molecule has 0 radical (unpaired) electrons. The third kappa shape index (κ3) is 4.76. The highest BCUT2D eigenvalue weighted by molar-refractivity contribution is 6.30. The molecule has 1 amide bonds. The van der Waals surface area contributed by atoms with Crippen LogP contribution < -0.4 is 10.1 Å². The van der Waals surface area contributed by atoms with Gasteiger partial charge < -0.3 is 10.1 Å². The molecule has 2 aromatic carbocycles. The van der Waals surface area contributed by atoms with E-state index in [1.165, 1.54) is 24.3 Å². The molecule has 0 aliphatic carbocycles. The van der Waals surface area contributed by atoms with E-state index < -0.39 is 0 Å². The van der Waals surface area contributed by atoms with Crippen LogP contribution in [0.5, 0.6) is 5.75 Å². The van der Waals surface area contributed by atoms with Crippen molar-refractivity contribution in [1.82, 2.24) is 5.32 Å². The minimum atomic E-state index is -0.346. The standard InChI is InChI=1S/C16H15ClFNO2/c1-11(12-3-2-4-13(17)9-12)19-16(20)10-21-15-7-5-14(18)6-8-15/h2-9,11H,10H2,1H3,(H,19,20). The van der Waals surface area contributed by atoms with E-state index in [9.17, 15) is 9.18 Å². The van der Waals surface area contributed by atoms with E-state index in [0.717, 1.165) is 5.56 Å². The minimum Gasteiger partial charge on any atom is -0.484 e. The van der Waals surface area contributed by atoms with Gasteiger partial charge in [-0.3, -0.25) is 4.79 Å². The number of ether oxygens (including phenoxy) is 1. The minimum absolute atomic E-state index is 0.128. The summed E-state index contributed by atoms with van der Waals surface area (Å²) in [7, 11) is 0. The molecule has 110 valence electrons. The smallest absolute Gasteiger partial charge is 0.258 e. The molecule has 3 nitrogen and oxygen atoms in total. The number of carbonyl (C=O) groups excluding carboxylic acids is 1. The summed E-state index contributed by atoms with van der Waals surface area (Å²) in [4.78, 5) is 11.8. The SMILES string of the molecule is CC(NC(=O)COc1ccc(F)cc1)c1cccc(Cl)c1. The van der Waals surface area contributed by atoms with Gasteiger partial charge in [0.1, 0.15) is 11.6 Å². The van der Waals surface area contributed by atoms with E-state index >= 15 is 0 Å². The molecular formula is C16H15ClFNO2.